The number of nitrogens with one attached hydrogen (secondary N) is 1. The molecule has 1 aromatic rings. The van der Waals surface area contributed by atoms with Gasteiger partial charge in [0.15, 0.2) is 0 Å². The van der Waals surface area contributed by atoms with Crippen molar-refractivity contribution in [3.8, 4) is 0 Å². The first kappa shape index (κ1) is 13.7. The monoisotopic (exact) mass is 239 g/mol. The number of unbranched alkanes of at least 4 members (excludes halogenated alkanes) is 2. The fourth-order valence-corrected chi connectivity index (χ4v) is 1.68. The Balaban J connectivity index is 2.41. The second kappa shape index (κ2) is 7.06. The molecule has 0 spiro atoms. The van der Waals surface area contributed by atoms with Crippen LogP contribution in [0.3, 0.4) is 0 Å². The van der Waals surface area contributed by atoms with Crippen molar-refractivity contribution in [3.63, 3.8) is 0 Å². The maximum Gasteiger partial charge on any atom is 0.269 e. The van der Waals surface area contributed by atoms with E-state index in [1.165, 1.54) is 0 Å². The number of aliphatic hydroxyl groups excluding tert-OH is 1. The minimum atomic E-state index is -0.0727. The molecule has 0 saturated heterocycles. The molecule has 2 N–H and O–H groups in total. The highest BCUT2D eigenvalue weighted by Crippen LogP contribution is 2.03. The molecule has 0 aliphatic rings. The number of carbonyl (C=O) groups is 1. The molecule has 1 heterocycles. The van der Waals surface area contributed by atoms with E-state index in [4.69, 9.17) is 5.11 Å². The third-order valence-corrected chi connectivity index (χ3v) is 2.55. The molecular weight excluding hydrogens is 218 g/mol. The fourth-order valence-electron chi connectivity index (χ4n) is 1.68. The van der Waals surface area contributed by atoms with E-state index in [9.17, 15) is 4.79 Å². The molecule has 5 heteroatoms. The Morgan fingerprint density at radius 3 is 2.88 bits per heavy atom. The summed E-state index contributed by atoms with van der Waals surface area (Å²) < 4.78 is 1.71. The number of aryl methyl sites for hydroxylation is 2. The third-order valence-electron chi connectivity index (χ3n) is 2.55. The summed E-state index contributed by atoms with van der Waals surface area (Å²) >= 11 is 0. The van der Waals surface area contributed by atoms with E-state index >= 15 is 0 Å². The zero-order valence-electron chi connectivity index (χ0n) is 10.6. The summed E-state index contributed by atoms with van der Waals surface area (Å²) in [6.45, 7) is 5.40. The Bertz CT molecular complexity index is 361. The SMILES string of the molecule is CCn1nc(C)cc1C(=O)NCCCCCO. The van der Waals surface area contributed by atoms with Gasteiger partial charge in [0.1, 0.15) is 5.69 Å². The van der Waals surface area contributed by atoms with Crippen molar-refractivity contribution in [1.82, 2.24) is 15.1 Å². The minimum absolute atomic E-state index is 0.0727. The lowest BCUT2D eigenvalue weighted by atomic mass is 10.2. The van der Waals surface area contributed by atoms with E-state index in [1.54, 1.807) is 10.7 Å². The number of hydrogen-bond acceptors (Lipinski definition) is 3. The van der Waals surface area contributed by atoms with Crippen molar-refractivity contribution in [2.24, 2.45) is 0 Å². The molecule has 0 aliphatic heterocycles. The van der Waals surface area contributed by atoms with Gasteiger partial charge in [-0.2, -0.15) is 5.10 Å². The van der Waals surface area contributed by atoms with Gasteiger partial charge in [0, 0.05) is 19.7 Å². The van der Waals surface area contributed by atoms with E-state index in [1.807, 2.05) is 13.8 Å². The van der Waals surface area contributed by atoms with Gasteiger partial charge in [-0.3, -0.25) is 9.48 Å². The normalized spacial score (nSPS) is 10.5. The van der Waals surface area contributed by atoms with Crippen molar-refractivity contribution in [2.75, 3.05) is 13.2 Å². The summed E-state index contributed by atoms with van der Waals surface area (Å²) in [7, 11) is 0. The summed E-state index contributed by atoms with van der Waals surface area (Å²) in [6.07, 6.45) is 2.62. The van der Waals surface area contributed by atoms with Gasteiger partial charge in [-0.25, -0.2) is 0 Å². The second-order valence-electron chi connectivity index (χ2n) is 4.03. The van der Waals surface area contributed by atoms with Crippen LogP contribution in [-0.4, -0.2) is 33.9 Å². The van der Waals surface area contributed by atoms with E-state index < -0.39 is 0 Å². The highest BCUT2D eigenvalue weighted by Gasteiger charge is 2.11. The maximum atomic E-state index is 11.8. The van der Waals surface area contributed by atoms with Crippen molar-refractivity contribution in [3.05, 3.63) is 17.5 Å². The number of amides is 1. The Kier molecular flexibility index (Phi) is 5.69. The molecule has 1 amide bonds. The zero-order valence-corrected chi connectivity index (χ0v) is 10.6. The van der Waals surface area contributed by atoms with Gasteiger partial charge in [-0.05, 0) is 39.2 Å². The molecule has 17 heavy (non-hydrogen) atoms. The van der Waals surface area contributed by atoms with Crippen molar-refractivity contribution < 1.29 is 9.90 Å². The number of rotatable bonds is 7. The summed E-state index contributed by atoms with van der Waals surface area (Å²) in [5, 5.41) is 15.7. The van der Waals surface area contributed by atoms with Crippen LogP contribution in [0.5, 0.6) is 0 Å². The first-order chi connectivity index (χ1) is 8.19. The predicted molar refractivity (Wildman–Crippen MR) is 65.9 cm³/mol. The molecular formula is C12H21N3O2. The number of hydrogen-bond donors (Lipinski definition) is 2. The summed E-state index contributed by atoms with van der Waals surface area (Å²) in [4.78, 5) is 11.8. The van der Waals surface area contributed by atoms with Crippen LogP contribution in [-0.2, 0) is 6.54 Å². The molecule has 0 radical (unpaired) electrons. The zero-order chi connectivity index (χ0) is 12.7. The van der Waals surface area contributed by atoms with Gasteiger partial charge in [0.05, 0.1) is 5.69 Å². The lowest BCUT2D eigenvalue weighted by Gasteiger charge is -2.06. The molecule has 1 aromatic heterocycles. The van der Waals surface area contributed by atoms with Gasteiger partial charge in [0.2, 0.25) is 0 Å². The van der Waals surface area contributed by atoms with E-state index in [-0.39, 0.29) is 12.5 Å². The summed E-state index contributed by atoms with van der Waals surface area (Å²) in [5.41, 5.74) is 1.48. The van der Waals surface area contributed by atoms with Crippen LogP contribution in [0.1, 0.15) is 42.4 Å². The van der Waals surface area contributed by atoms with Crippen molar-refractivity contribution in [1.29, 1.82) is 0 Å². The molecule has 0 atom stereocenters. The Morgan fingerprint density at radius 1 is 1.47 bits per heavy atom. The highest BCUT2D eigenvalue weighted by molar-refractivity contribution is 5.92. The van der Waals surface area contributed by atoms with Gasteiger partial charge in [-0.1, -0.05) is 0 Å². The topological polar surface area (TPSA) is 67.2 Å². The number of nitrogens with zero attached hydrogens (tertiary/aromatic N) is 2. The van der Waals surface area contributed by atoms with Gasteiger partial charge in [0.25, 0.3) is 5.91 Å². The van der Waals surface area contributed by atoms with Gasteiger partial charge in [-0.15, -0.1) is 0 Å². The maximum absolute atomic E-state index is 11.8. The number of aromatic nitrogens is 2. The van der Waals surface area contributed by atoms with Crippen LogP contribution in [0, 0.1) is 6.92 Å². The number of carbonyl (C=O) groups excluding carboxylic acids is 1. The standard InChI is InChI=1S/C12H21N3O2/c1-3-15-11(9-10(2)14-15)12(17)13-7-5-4-6-8-16/h9,16H,3-8H2,1-2H3,(H,13,17). The smallest absolute Gasteiger partial charge is 0.269 e. The molecule has 0 aromatic carbocycles. The van der Waals surface area contributed by atoms with E-state index in [0.717, 1.165) is 25.0 Å². The molecule has 0 saturated carbocycles. The molecule has 5 nitrogen and oxygen atoms in total. The number of aliphatic hydroxyl groups is 1. The second-order valence-corrected chi connectivity index (χ2v) is 4.03. The van der Waals surface area contributed by atoms with Crippen LogP contribution < -0.4 is 5.32 Å². The molecule has 0 unspecified atom stereocenters. The Hall–Kier alpha value is -1.36. The average molecular weight is 239 g/mol. The third kappa shape index (κ3) is 4.19. The van der Waals surface area contributed by atoms with Crippen LogP contribution in [0.15, 0.2) is 6.07 Å². The van der Waals surface area contributed by atoms with E-state index in [2.05, 4.69) is 10.4 Å². The average Bonchev–Trinajstić information content (AvgIpc) is 2.70. The highest BCUT2D eigenvalue weighted by atomic mass is 16.2. The van der Waals surface area contributed by atoms with Crippen LogP contribution in [0.2, 0.25) is 0 Å². The molecule has 1 rings (SSSR count). The molecule has 0 bridgehead atoms. The Morgan fingerprint density at radius 2 is 2.24 bits per heavy atom. The predicted octanol–water partition coefficient (Wildman–Crippen LogP) is 1.10. The van der Waals surface area contributed by atoms with Crippen molar-refractivity contribution in [2.45, 2.75) is 39.7 Å². The molecule has 0 aliphatic carbocycles. The largest absolute Gasteiger partial charge is 0.396 e. The summed E-state index contributed by atoms with van der Waals surface area (Å²) in [5.74, 6) is -0.0727. The lowest BCUT2D eigenvalue weighted by molar-refractivity contribution is 0.0942. The van der Waals surface area contributed by atoms with Crippen LogP contribution in [0.4, 0.5) is 0 Å². The van der Waals surface area contributed by atoms with Crippen LogP contribution in [0.25, 0.3) is 0 Å². The molecule has 0 fully saturated rings. The Labute approximate surface area is 102 Å². The minimum Gasteiger partial charge on any atom is -0.396 e. The van der Waals surface area contributed by atoms with Gasteiger partial charge < -0.3 is 10.4 Å². The summed E-state index contributed by atoms with van der Waals surface area (Å²) in [6, 6.07) is 1.80. The first-order valence-electron chi connectivity index (χ1n) is 6.12. The lowest BCUT2D eigenvalue weighted by Crippen LogP contribution is -2.27. The van der Waals surface area contributed by atoms with Gasteiger partial charge >= 0.3 is 0 Å². The van der Waals surface area contributed by atoms with Crippen molar-refractivity contribution >= 4 is 5.91 Å². The van der Waals surface area contributed by atoms with Crippen LogP contribution >= 0.6 is 0 Å². The first-order valence-corrected chi connectivity index (χ1v) is 6.12. The fraction of sp³-hybridized carbons (Fsp3) is 0.667. The molecule has 96 valence electrons. The quantitative estimate of drug-likeness (QED) is 0.700. The van der Waals surface area contributed by atoms with E-state index in [0.29, 0.717) is 18.8 Å².